The van der Waals surface area contributed by atoms with Gasteiger partial charge < -0.3 is 4.90 Å². The summed E-state index contributed by atoms with van der Waals surface area (Å²) in [5.41, 5.74) is 2.02. The molecule has 2 nitrogen and oxygen atoms in total. The van der Waals surface area contributed by atoms with E-state index in [2.05, 4.69) is 0 Å². The van der Waals surface area contributed by atoms with Gasteiger partial charge in [0.15, 0.2) is 0 Å². The second kappa shape index (κ2) is 6.29. The third-order valence-corrected chi connectivity index (χ3v) is 3.76. The van der Waals surface area contributed by atoms with Crippen LogP contribution < -0.4 is 0 Å². The Balaban J connectivity index is 2.46. The molecular weight excluding hydrogens is 293 g/mol. The van der Waals surface area contributed by atoms with E-state index in [0.717, 1.165) is 11.1 Å². The normalized spacial score (nSPS) is 10.7. The van der Waals surface area contributed by atoms with E-state index in [-0.39, 0.29) is 11.9 Å². The maximum atomic E-state index is 11.7. The summed E-state index contributed by atoms with van der Waals surface area (Å²) in [6, 6.07) is 14.9. The second-order valence-corrected chi connectivity index (χ2v) is 5.51. The van der Waals surface area contributed by atoms with Crippen LogP contribution in [0.25, 0.3) is 0 Å². The number of hydrogen-bond acceptors (Lipinski definition) is 1. The van der Waals surface area contributed by atoms with Gasteiger partial charge in [0.25, 0.3) is 0 Å². The predicted octanol–water partition coefficient (Wildman–Crippen LogP) is 4.56. The Morgan fingerprint density at radius 1 is 0.900 bits per heavy atom. The van der Waals surface area contributed by atoms with Crippen LogP contribution in [0.15, 0.2) is 48.5 Å². The molecule has 2 rings (SSSR count). The molecule has 0 unspecified atom stereocenters. The van der Waals surface area contributed by atoms with Crippen LogP contribution >= 0.6 is 23.2 Å². The Kier molecular flexibility index (Phi) is 4.69. The van der Waals surface area contributed by atoms with E-state index in [1.807, 2.05) is 48.5 Å². The van der Waals surface area contributed by atoms with E-state index in [1.165, 1.54) is 0 Å². The summed E-state index contributed by atoms with van der Waals surface area (Å²) in [5.74, 6) is -0.0000926. The molecule has 0 heterocycles. The minimum absolute atomic E-state index is 0.0000926. The fourth-order valence-electron chi connectivity index (χ4n) is 2.11. The average Bonchev–Trinajstić information content (AvgIpc) is 2.43. The highest BCUT2D eigenvalue weighted by atomic mass is 35.5. The quantitative estimate of drug-likeness (QED) is 0.814. The molecule has 0 fully saturated rings. The highest BCUT2D eigenvalue weighted by Gasteiger charge is 2.21. The Bertz CT molecular complexity index is 547. The van der Waals surface area contributed by atoms with Crippen LogP contribution in [0.4, 0.5) is 0 Å². The van der Waals surface area contributed by atoms with Crippen molar-refractivity contribution in [3.8, 4) is 0 Å². The molecule has 0 aliphatic heterocycles. The van der Waals surface area contributed by atoms with Gasteiger partial charge in [-0.1, -0.05) is 47.5 Å². The number of carbonyl (C=O) groups excluding carboxylic acids is 1. The van der Waals surface area contributed by atoms with Gasteiger partial charge in [0, 0.05) is 24.0 Å². The van der Waals surface area contributed by atoms with Crippen molar-refractivity contribution in [2.75, 3.05) is 7.05 Å². The first-order valence-electron chi connectivity index (χ1n) is 6.23. The SMILES string of the molecule is CC(=O)N(C)C(c1ccc(Cl)cc1)c1ccc(Cl)cc1. The molecule has 0 aromatic heterocycles. The van der Waals surface area contributed by atoms with Gasteiger partial charge in [0.2, 0.25) is 5.91 Å². The summed E-state index contributed by atoms with van der Waals surface area (Å²) in [4.78, 5) is 13.4. The van der Waals surface area contributed by atoms with Crippen LogP contribution in [0.3, 0.4) is 0 Å². The topological polar surface area (TPSA) is 20.3 Å². The summed E-state index contributed by atoms with van der Waals surface area (Å²) in [5, 5.41) is 1.35. The minimum atomic E-state index is -0.151. The molecular formula is C16H15Cl2NO. The Hall–Kier alpha value is -1.51. The molecule has 4 heteroatoms. The van der Waals surface area contributed by atoms with Gasteiger partial charge >= 0.3 is 0 Å². The van der Waals surface area contributed by atoms with Crippen LogP contribution in [0.2, 0.25) is 10.0 Å². The third kappa shape index (κ3) is 3.33. The highest BCUT2D eigenvalue weighted by Crippen LogP contribution is 2.29. The molecule has 0 aliphatic rings. The third-order valence-electron chi connectivity index (χ3n) is 3.26. The Labute approximate surface area is 128 Å². The summed E-state index contributed by atoms with van der Waals surface area (Å²) < 4.78 is 0. The van der Waals surface area contributed by atoms with E-state index < -0.39 is 0 Å². The fraction of sp³-hybridized carbons (Fsp3) is 0.188. The molecule has 0 saturated carbocycles. The number of benzene rings is 2. The van der Waals surface area contributed by atoms with Gasteiger partial charge in [-0.25, -0.2) is 0 Å². The smallest absolute Gasteiger partial charge is 0.219 e. The summed E-state index contributed by atoms with van der Waals surface area (Å²) >= 11 is 11.9. The lowest BCUT2D eigenvalue weighted by atomic mass is 9.97. The molecule has 1 amide bonds. The maximum Gasteiger partial charge on any atom is 0.219 e. The lowest BCUT2D eigenvalue weighted by Gasteiger charge is -2.28. The van der Waals surface area contributed by atoms with E-state index in [1.54, 1.807) is 18.9 Å². The van der Waals surface area contributed by atoms with Gasteiger partial charge in [-0.15, -0.1) is 0 Å². The molecule has 2 aromatic carbocycles. The van der Waals surface area contributed by atoms with Crippen molar-refractivity contribution >= 4 is 29.1 Å². The average molecular weight is 308 g/mol. The Morgan fingerprint density at radius 3 is 1.55 bits per heavy atom. The van der Waals surface area contributed by atoms with Crippen molar-refractivity contribution < 1.29 is 4.79 Å². The molecule has 0 aliphatic carbocycles. The number of amides is 1. The maximum absolute atomic E-state index is 11.7. The van der Waals surface area contributed by atoms with Crippen LogP contribution in [0, 0.1) is 0 Å². The molecule has 0 bridgehead atoms. The van der Waals surface area contributed by atoms with Gasteiger partial charge in [-0.2, -0.15) is 0 Å². The second-order valence-electron chi connectivity index (χ2n) is 4.64. The standard InChI is InChI=1S/C16H15Cl2NO/c1-11(20)19(2)16(12-3-7-14(17)8-4-12)13-5-9-15(18)10-6-13/h3-10,16H,1-2H3. The molecule has 0 radical (unpaired) electrons. The number of rotatable bonds is 3. The number of halogens is 2. The predicted molar refractivity (Wildman–Crippen MR) is 83.2 cm³/mol. The summed E-state index contributed by atoms with van der Waals surface area (Å²) in [6.07, 6.45) is 0. The lowest BCUT2D eigenvalue weighted by Crippen LogP contribution is -2.29. The summed E-state index contributed by atoms with van der Waals surface area (Å²) in [6.45, 7) is 1.55. The summed E-state index contributed by atoms with van der Waals surface area (Å²) in [7, 11) is 1.79. The number of hydrogen-bond donors (Lipinski definition) is 0. The molecule has 104 valence electrons. The zero-order valence-electron chi connectivity index (χ0n) is 11.3. The van der Waals surface area contributed by atoms with Crippen LogP contribution in [0.5, 0.6) is 0 Å². The molecule has 0 spiro atoms. The van der Waals surface area contributed by atoms with Crippen molar-refractivity contribution in [3.63, 3.8) is 0 Å². The van der Waals surface area contributed by atoms with Gasteiger partial charge in [0.1, 0.15) is 0 Å². The van der Waals surface area contributed by atoms with Crippen molar-refractivity contribution in [3.05, 3.63) is 69.7 Å². The fourth-order valence-corrected chi connectivity index (χ4v) is 2.36. The molecule has 0 atom stereocenters. The van der Waals surface area contributed by atoms with Crippen molar-refractivity contribution in [2.24, 2.45) is 0 Å². The van der Waals surface area contributed by atoms with Crippen LogP contribution in [-0.4, -0.2) is 17.9 Å². The zero-order chi connectivity index (χ0) is 14.7. The minimum Gasteiger partial charge on any atom is -0.335 e. The van der Waals surface area contributed by atoms with E-state index in [4.69, 9.17) is 23.2 Å². The largest absolute Gasteiger partial charge is 0.335 e. The monoisotopic (exact) mass is 307 g/mol. The van der Waals surface area contributed by atoms with Gasteiger partial charge in [-0.3, -0.25) is 4.79 Å². The first-order valence-corrected chi connectivity index (χ1v) is 6.99. The highest BCUT2D eigenvalue weighted by molar-refractivity contribution is 6.30. The van der Waals surface area contributed by atoms with Crippen LogP contribution in [-0.2, 0) is 4.79 Å². The van der Waals surface area contributed by atoms with E-state index >= 15 is 0 Å². The first kappa shape index (κ1) is 14.9. The van der Waals surface area contributed by atoms with Crippen LogP contribution in [0.1, 0.15) is 24.1 Å². The van der Waals surface area contributed by atoms with E-state index in [9.17, 15) is 4.79 Å². The molecule has 20 heavy (non-hydrogen) atoms. The Morgan fingerprint density at radius 2 is 1.25 bits per heavy atom. The van der Waals surface area contributed by atoms with Gasteiger partial charge in [-0.05, 0) is 35.4 Å². The van der Waals surface area contributed by atoms with Gasteiger partial charge in [0.05, 0.1) is 6.04 Å². The lowest BCUT2D eigenvalue weighted by molar-refractivity contribution is -0.129. The number of nitrogens with zero attached hydrogens (tertiary/aromatic N) is 1. The van der Waals surface area contributed by atoms with E-state index in [0.29, 0.717) is 10.0 Å². The van der Waals surface area contributed by atoms with Crippen molar-refractivity contribution in [2.45, 2.75) is 13.0 Å². The number of carbonyl (C=O) groups is 1. The van der Waals surface area contributed by atoms with Crippen molar-refractivity contribution in [1.29, 1.82) is 0 Å². The molecule has 0 N–H and O–H groups in total. The van der Waals surface area contributed by atoms with Crippen molar-refractivity contribution in [1.82, 2.24) is 4.90 Å². The first-order chi connectivity index (χ1) is 9.49. The molecule has 2 aromatic rings. The molecule has 0 saturated heterocycles. The zero-order valence-corrected chi connectivity index (χ0v) is 12.8.